The number of amides is 1. The third kappa shape index (κ3) is 4.23. The highest BCUT2D eigenvalue weighted by atomic mass is 35.5. The lowest BCUT2D eigenvalue weighted by Crippen LogP contribution is -2.38. The van der Waals surface area contributed by atoms with Gasteiger partial charge in [-0.25, -0.2) is 9.50 Å². The van der Waals surface area contributed by atoms with Crippen LogP contribution in [0.15, 0.2) is 48.7 Å². The smallest absolute Gasteiger partial charge is 0.227 e. The second kappa shape index (κ2) is 8.56. The standard InChI is InChI=1S/C24H24ClN5OS/c1-15-3-6-17(7-4-15)21-14-30-23(27-21)32-24(28-30)29-11-9-18(10-12-29)22(31)26-19-8-5-16(2)20(25)13-19/h3-8,13-14,18H,9-12H2,1-2H3,(H,26,31). The van der Waals surface area contributed by atoms with Crippen molar-refractivity contribution >= 4 is 44.6 Å². The Labute approximate surface area is 195 Å². The Kier molecular flexibility index (Phi) is 5.61. The molecule has 0 bridgehead atoms. The third-order valence-electron chi connectivity index (χ3n) is 5.96. The van der Waals surface area contributed by atoms with E-state index in [1.807, 2.05) is 29.8 Å². The Hall–Kier alpha value is -2.90. The van der Waals surface area contributed by atoms with Gasteiger partial charge in [-0.3, -0.25) is 4.79 Å². The number of nitrogens with one attached hydrogen (secondary N) is 1. The Morgan fingerprint density at radius 2 is 1.88 bits per heavy atom. The molecule has 164 valence electrons. The lowest BCUT2D eigenvalue weighted by Gasteiger charge is -2.30. The number of anilines is 2. The van der Waals surface area contributed by atoms with E-state index in [4.69, 9.17) is 21.7 Å². The zero-order valence-corrected chi connectivity index (χ0v) is 19.6. The van der Waals surface area contributed by atoms with Gasteiger partial charge in [-0.15, -0.1) is 5.10 Å². The van der Waals surface area contributed by atoms with Gasteiger partial charge in [-0.05, 0) is 44.4 Å². The molecule has 1 fully saturated rings. The molecule has 4 aromatic rings. The summed E-state index contributed by atoms with van der Waals surface area (Å²) in [6, 6.07) is 14.0. The van der Waals surface area contributed by atoms with Crippen molar-refractivity contribution < 1.29 is 4.79 Å². The molecule has 1 N–H and O–H groups in total. The largest absolute Gasteiger partial charge is 0.347 e. The van der Waals surface area contributed by atoms with E-state index in [0.29, 0.717) is 5.02 Å². The van der Waals surface area contributed by atoms with Crippen LogP contribution in [0.4, 0.5) is 10.8 Å². The van der Waals surface area contributed by atoms with Crippen molar-refractivity contribution in [2.24, 2.45) is 5.92 Å². The quantitative estimate of drug-likeness (QED) is 0.427. The molecule has 2 aromatic heterocycles. The van der Waals surface area contributed by atoms with Gasteiger partial charge in [0.1, 0.15) is 0 Å². The summed E-state index contributed by atoms with van der Waals surface area (Å²) in [5.74, 6) is 0.0461. The molecule has 6 nitrogen and oxygen atoms in total. The summed E-state index contributed by atoms with van der Waals surface area (Å²) in [5, 5.41) is 9.36. The van der Waals surface area contributed by atoms with Crippen molar-refractivity contribution in [2.45, 2.75) is 26.7 Å². The van der Waals surface area contributed by atoms with Crippen LogP contribution in [0.5, 0.6) is 0 Å². The number of carbonyl (C=O) groups is 1. The molecule has 1 amide bonds. The summed E-state index contributed by atoms with van der Waals surface area (Å²) in [6.07, 6.45) is 3.57. The number of halogens is 1. The molecule has 0 radical (unpaired) electrons. The topological polar surface area (TPSA) is 62.5 Å². The van der Waals surface area contributed by atoms with E-state index in [-0.39, 0.29) is 11.8 Å². The van der Waals surface area contributed by atoms with Crippen LogP contribution in [0, 0.1) is 19.8 Å². The highest BCUT2D eigenvalue weighted by Crippen LogP contribution is 2.30. The van der Waals surface area contributed by atoms with Crippen LogP contribution in [-0.4, -0.2) is 33.6 Å². The lowest BCUT2D eigenvalue weighted by molar-refractivity contribution is -0.120. The first-order valence-electron chi connectivity index (χ1n) is 10.7. The average Bonchev–Trinajstić information content (AvgIpc) is 3.36. The molecule has 0 aliphatic carbocycles. The predicted molar refractivity (Wildman–Crippen MR) is 131 cm³/mol. The van der Waals surface area contributed by atoms with Gasteiger partial charge in [-0.1, -0.05) is 58.8 Å². The van der Waals surface area contributed by atoms with Crippen molar-refractivity contribution in [1.82, 2.24) is 14.6 Å². The maximum atomic E-state index is 12.7. The Balaban J connectivity index is 1.22. The highest BCUT2D eigenvalue weighted by Gasteiger charge is 2.27. The van der Waals surface area contributed by atoms with Crippen LogP contribution in [-0.2, 0) is 4.79 Å². The number of carbonyl (C=O) groups excluding carboxylic acids is 1. The third-order valence-corrected chi connectivity index (χ3v) is 7.35. The minimum absolute atomic E-state index is 0.0106. The fraction of sp³-hybridized carbons (Fsp3) is 0.292. The summed E-state index contributed by atoms with van der Waals surface area (Å²) in [7, 11) is 0. The van der Waals surface area contributed by atoms with E-state index in [0.717, 1.165) is 58.5 Å². The number of benzene rings is 2. The van der Waals surface area contributed by atoms with Crippen LogP contribution in [0.1, 0.15) is 24.0 Å². The molecule has 1 aliphatic rings. The van der Waals surface area contributed by atoms with Crippen molar-refractivity contribution in [3.8, 4) is 11.3 Å². The number of rotatable bonds is 4. The summed E-state index contributed by atoms with van der Waals surface area (Å²) in [4.78, 5) is 20.6. The number of aromatic nitrogens is 3. The second-order valence-electron chi connectivity index (χ2n) is 8.32. The molecular weight excluding hydrogens is 442 g/mol. The predicted octanol–water partition coefficient (Wildman–Crippen LogP) is 5.58. The Bertz CT molecular complexity index is 1240. The van der Waals surface area contributed by atoms with E-state index in [1.54, 1.807) is 17.4 Å². The number of hydrogen-bond donors (Lipinski definition) is 1. The number of fused-ring (bicyclic) bond motifs is 1. The van der Waals surface area contributed by atoms with Crippen molar-refractivity contribution in [3.05, 3.63) is 64.8 Å². The molecule has 0 atom stereocenters. The van der Waals surface area contributed by atoms with Gasteiger partial charge in [0.2, 0.25) is 16.0 Å². The maximum absolute atomic E-state index is 12.7. The van der Waals surface area contributed by atoms with E-state index in [1.165, 1.54) is 5.56 Å². The van der Waals surface area contributed by atoms with Crippen LogP contribution >= 0.6 is 22.9 Å². The normalized spacial score (nSPS) is 14.8. The van der Waals surface area contributed by atoms with Gasteiger partial charge >= 0.3 is 0 Å². The fourth-order valence-electron chi connectivity index (χ4n) is 3.93. The number of imidazole rings is 1. The number of aryl methyl sites for hydroxylation is 2. The van der Waals surface area contributed by atoms with Crippen LogP contribution < -0.4 is 10.2 Å². The number of nitrogens with zero attached hydrogens (tertiary/aromatic N) is 4. The SMILES string of the molecule is Cc1ccc(-c2cn3nc(N4CCC(C(=O)Nc5ccc(C)c(Cl)c5)CC4)sc3n2)cc1. The molecule has 0 saturated carbocycles. The van der Waals surface area contributed by atoms with Gasteiger partial charge in [0.15, 0.2) is 0 Å². The minimum atomic E-state index is -0.0106. The summed E-state index contributed by atoms with van der Waals surface area (Å²) >= 11 is 7.76. The van der Waals surface area contributed by atoms with Gasteiger partial charge < -0.3 is 10.2 Å². The van der Waals surface area contributed by atoms with Crippen LogP contribution in [0.25, 0.3) is 16.2 Å². The molecule has 3 heterocycles. The molecule has 0 spiro atoms. The molecule has 5 rings (SSSR count). The lowest BCUT2D eigenvalue weighted by atomic mass is 9.96. The van der Waals surface area contributed by atoms with Crippen molar-refractivity contribution in [3.63, 3.8) is 0 Å². The molecule has 0 unspecified atom stereocenters. The Morgan fingerprint density at radius 3 is 2.56 bits per heavy atom. The summed E-state index contributed by atoms with van der Waals surface area (Å²) in [6.45, 7) is 5.62. The highest BCUT2D eigenvalue weighted by molar-refractivity contribution is 7.20. The first kappa shape index (κ1) is 21.0. The van der Waals surface area contributed by atoms with Gasteiger partial charge in [0, 0.05) is 35.3 Å². The van der Waals surface area contributed by atoms with Gasteiger partial charge in [-0.2, -0.15) is 0 Å². The fourth-order valence-corrected chi connectivity index (χ4v) is 5.04. The molecule has 2 aromatic carbocycles. The Morgan fingerprint density at radius 1 is 1.12 bits per heavy atom. The first-order chi connectivity index (χ1) is 15.5. The van der Waals surface area contributed by atoms with Crippen LogP contribution in [0.2, 0.25) is 5.02 Å². The van der Waals surface area contributed by atoms with Crippen LogP contribution in [0.3, 0.4) is 0 Å². The molecule has 1 saturated heterocycles. The molecule has 8 heteroatoms. The van der Waals surface area contributed by atoms with E-state index < -0.39 is 0 Å². The number of piperidine rings is 1. The average molecular weight is 466 g/mol. The summed E-state index contributed by atoms with van der Waals surface area (Å²) < 4.78 is 1.86. The first-order valence-corrected chi connectivity index (χ1v) is 11.9. The minimum Gasteiger partial charge on any atom is -0.347 e. The van der Waals surface area contributed by atoms with Crippen molar-refractivity contribution in [1.29, 1.82) is 0 Å². The van der Waals surface area contributed by atoms with Gasteiger partial charge in [0.25, 0.3) is 0 Å². The zero-order valence-electron chi connectivity index (χ0n) is 18.0. The van der Waals surface area contributed by atoms with E-state index in [2.05, 4.69) is 41.4 Å². The second-order valence-corrected chi connectivity index (χ2v) is 9.66. The van der Waals surface area contributed by atoms with Gasteiger partial charge in [0.05, 0.1) is 11.9 Å². The van der Waals surface area contributed by atoms with Crippen molar-refractivity contribution in [2.75, 3.05) is 23.3 Å². The van der Waals surface area contributed by atoms with E-state index >= 15 is 0 Å². The zero-order chi connectivity index (χ0) is 22.2. The molecule has 32 heavy (non-hydrogen) atoms. The maximum Gasteiger partial charge on any atom is 0.227 e. The monoisotopic (exact) mass is 465 g/mol. The molecule has 1 aliphatic heterocycles. The van der Waals surface area contributed by atoms with E-state index in [9.17, 15) is 4.79 Å². The molecular formula is C24H24ClN5OS. The summed E-state index contributed by atoms with van der Waals surface area (Å²) in [5.41, 5.74) is 5.01. The number of hydrogen-bond acceptors (Lipinski definition) is 5.